The predicted molar refractivity (Wildman–Crippen MR) is 137 cm³/mol. The molecule has 0 aliphatic heterocycles. The van der Waals surface area contributed by atoms with Crippen molar-refractivity contribution >= 4 is 11.5 Å². The van der Waals surface area contributed by atoms with E-state index in [-0.39, 0.29) is 12.0 Å². The minimum absolute atomic E-state index is 0.0141. The molecule has 0 aliphatic rings. The van der Waals surface area contributed by atoms with Crippen molar-refractivity contribution in [3.05, 3.63) is 94.7 Å². The van der Waals surface area contributed by atoms with E-state index in [4.69, 9.17) is 9.47 Å². The maximum absolute atomic E-state index is 11.0. The van der Waals surface area contributed by atoms with E-state index in [9.17, 15) is 4.91 Å². The second-order valence-electron chi connectivity index (χ2n) is 9.14. The van der Waals surface area contributed by atoms with E-state index in [1.165, 1.54) is 0 Å². The largest absolute Gasteiger partial charge is 0.497 e. The molecular weight excluding hydrogens is 442 g/mol. The Balaban J connectivity index is 1.59. The topological polar surface area (TPSA) is 90.6 Å². The molecule has 0 saturated carbocycles. The first-order chi connectivity index (χ1) is 16.9. The Bertz CT molecular complexity index is 1290. The summed E-state index contributed by atoms with van der Waals surface area (Å²) in [5.74, 6) is 2.53. The molecule has 2 heterocycles. The Morgan fingerprint density at radius 3 is 2.51 bits per heavy atom. The zero-order chi connectivity index (χ0) is 24.8. The first-order valence-corrected chi connectivity index (χ1v) is 11.4. The molecule has 0 saturated heterocycles. The summed E-state index contributed by atoms with van der Waals surface area (Å²) in [7, 11) is 1.63. The van der Waals surface area contributed by atoms with Crippen LogP contribution in [0.15, 0.2) is 78.1 Å². The number of anilines is 2. The molecule has 8 heteroatoms. The van der Waals surface area contributed by atoms with E-state index in [0.29, 0.717) is 29.6 Å². The van der Waals surface area contributed by atoms with Gasteiger partial charge in [0.1, 0.15) is 23.7 Å². The highest BCUT2D eigenvalue weighted by molar-refractivity contribution is 5.62. The molecule has 0 spiro atoms. The fourth-order valence-electron chi connectivity index (χ4n) is 3.74. The van der Waals surface area contributed by atoms with Crippen LogP contribution in [0.1, 0.15) is 37.6 Å². The second kappa shape index (κ2) is 10.4. The molecule has 0 bridgehead atoms. The number of rotatable bonds is 9. The van der Waals surface area contributed by atoms with Gasteiger partial charge in [0.05, 0.1) is 19.3 Å². The Hall–Kier alpha value is -4.20. The van der Waals surface area contributed by atoms with Crippen molar-refractivity contribution in [2.45, 2.75) is 39.3 Å². The van der Waals surface area contributed by atoms with Crippen LogP contribution >= 0.6 is 0 Å². The fourth-order valence-corrected chi connectivity index (χ4v) is 3.74. The lowest BCUT2D eigenvalue weighted by Gasteiger charge is -2.22. The monoisotopic (exact) mass is 471 g/mol. The average molecular weight is 472 g/mol. The summed E-state index contributed by atoms with van der Waals surface area (Å²) < 4.78 is 13.2. The van der Waals surface area contributed by atoms with Gasteiger partial charge in [-0.15, -0.1) is 0 Å². The highest BCUT2D eigenvalue weighted by Gasteiger charge is 2.20. The molecule has 1 N–H and O–H groups in total. The van der Waals surface area contributed by atoms with Crippen molar-refractivity contribution in [3.8, 4) is 17.4 Å². The number of para-hydroxylation sites is 1. The van der Waals surface area contributed by atoms with Gasteiger partial charge in [-0.2, -0.15) is 10.0 Å². The summed E-state index contributed by atoms with van der Waals surface area (Å²) in [6.07, 6.45) is 1.68. The van der Waals surface area contributed by atoms with E-state index >= 15 is 0 Å². The highest BCUT2D eigenvalue weighted by Crippen LogP contribution is 2.36. The molecule has 8 nitrogen and oxygen atoms in total. The van der Waals surface area contributed by atoms with Gasteiger partial charge in [0.25, 0.3) is 0 Å². The summed E-state index contributed by atoms with van der Waals surface area (Å²) in [5.41, 5.74) is 3.38. The van der Waals surface area contributed by atoms with Crippen LogP contribution in [0, 0.1) is 4.91 Å². The lowest BCUT2D eigenvalue weighted by Crippen LogP contribution is -2.12. The molecule has 0 fully saturated rings. The van der Waals surface area contributed by atoms with Gasteiger partial charge in [-0.1, -0.05) is 56.3 Å². The van der Waals surface area contributed by atoms with Gasteiger partial charge < -0.3 is 14.8 Å². The van der Waals surface area contributed by atoms with Gasteiger partial charge >= 0.3 is 0 Å². The van der Waals surface area contributed by atoms with E-state index in [1.807, 2.05) is 60.7 Å². The van der Waals surface area contributed by atoms with Gasteiger partial charge in [-0.25, -0.2) is 4.98 Å². The summed E-state index contributed by atoms with van der Waals surface area (Å²) in [6.45, 7) is 6.94. The van der Waals surface area contributed by atoms with Crippen LogP contribution in [-0.4, -0.2) is 21.9 Å². The zero-order valence-corrected chi connectivity index (χ0v) is 20.4. The Kier molecular flexibility index (Phi) is 7.10. The van der Waals surface area contributed by atoms with Crippen molar-refractivity contribution < 1.29 is 9.47 Å². The first-order valence-electron chi connectivity index (χ1n) is 11.4. The number of benzene rings is 2. The van der Waals surface area contributed by atoms with Crippen LogP contribution in [0.2, 0.25) is 0 Å². The minimum Gasteiger partial charge on any atom is -0.497 e. The van der Waals surface area contributed by atoms with Crippen molar-refractivity contribution in [1.29, 1.82) is 0 Å². The molecule has 2 aromatic heterocycles. The normalized spacial score (nSPS) is 11.2. The van der Waals surface area contributed by atoms with Crippen molar-refractivity contribution in [1.82, 2.24) is 14.8 Å². The molecule has 0 unspecified atom stereocenters. The minimum atomic E-state index is -0.0874. The summed E-state index contributed by atoms with van der Waals surface area (Å²) >= 11 is 0. The zero-order valence-electron chi connectivity index (χ0n) is 20.4. The van der Waals surface area contributed by atoms with E-state index in [2.05, 4.69) is 47.4 Å². The van der Waals surface area contributed by atoms with Crippen LogP contribution in [0.25, 0.3) is 0 Å². The van der Waals surface area contributed by atoms with Gasteiger partial charge in [-0.05, 0) is 41.3 Å². The van der Waals surface area contributed by atoms with Crippen molar-refractivity contribution in [3.63, 3.8) is 0 Å². The molecule has 0 amide bonds. The Morgan fingerprint density at radius 1 is 1.03 bits per heavy atom. The molecule has 0 radical (unpaired) electrons. The molecule has 4 aromatic rings. The fraction of sp³-hybridized carbons (Fsp3) is 0.259. The van der Waals surface area contributed by atoms with Crippen LogP contribution in [0.3, 0.4) is 0 Å². The number of ether oxygens (including phenoxy) is 2. The SMILES string of the molecule is COc1ccc(Cn2nc(Nc3cccnc3Oc3ccccc3C(C)(C)C)cc2CN=O)cc1. The standard InChI is InChI=1S/C27H29N5O3/c1-27(2,3)22-8-5-6-10-24(22)35-26-23(9-7-15-28-26)30-25-16-20(17-29-33)32(31-25)18-19-11-13-21(34-4)14-12-19/h5-16H,17-18H2,1-4H3,(H,30,31). The van der Waals surface area contributed by atoms with Gasteiger partial charge in [0.15, 0.2) is 5.82 Å². The quantitative estimate of drug-likeness (QED) is 0.283. The number of hydrogen-bond donors (Lipinski definition) is 1. The third-order valence-corrected chi connectivity index (χ3v) is 5.52. The smallest absolute Gasteiger partial charge is 0.243 e. The van der Waals surface area contributed by atoms with Crippen LogP contribution in [0.5, 0.6) is 17.4 Å². The predicted octanol–water partition coefficient (Wildman–Crippen LogP) is 6.43. The lowest BCUT2D eigenvalue weighted by atomic mass is 9.86. The van der Waals surface area contributed by atoms with Gasteiger partial charge in [0, 0.05) is 17.8 Å². The molecule has 2 aromatic carbocycles. The molecule has 180 valence electrons. The number of hydrogen-bond acceptors (Lipinski definition) is 7. The second-order valence-corrected chi connectivity index (χ2v) is 9.14. The van der Waals surface area contributed by atoms with Crippen LogP contribution in [0.4, 0.5) is 11.5 Å². The summed E-state index contributed by atoms with van der Waals surface area (Å²) in [4.78, 5) is 15.5. The lowest BCUT2D eigenvalue weighted by molar-refractivity contribution is 0.414. The van der Waals surface area contributed by atoms with Crippen molar-refractivity contribution in [2.75, 3.05) is 12.4 Å². The number of nitrogens with zero attached hydrogens (tertiary/aromatic N) is 4. The van der Waals surface area contributed by atoms with Gasteiger partial charge in [0.2, 0.25) is 5.88 Å². The number of pyridine rings is 1. The molecular formula is C27H29N5O3. The molecule has 0 aliphatic carbocycles. The molecule has 0 atom stereocenters. The van der Waals surface area contributed by atoms with Crippen LogP contribution < -0.4 is 14.8 Å². The maximum Gasteiger partial charge on any atom is 0.243 e. The van der Waals surface area contributed by atoms with E-state index in [1.54, 1.807) is 18.0 Å². The molecule has 4 rings (SSSR count). The van der Waals surface area contributed by atoms with Crippen molar-refractivity contribution in [2.24, 2.45) is 5.18 Å². The summed E-state index contributed by atoms with van der Waals surface area (Å²) in [6, 6.07) is 21.2. The highest BCUT2D eigenvalue weighted by atomic mass is 16.5. The third kappa shape index (κ3) is 5.84. The average Bonchev–Trinajstić information content (AvgIpc) is 3.21. The van der Waals surface area contributed by atoms with E-state index < -0.39 is 0 Å². The number of nitrogens with one attached hydrogen (secondary N) is 1. The molecule has 35 heavy (non-hydrogen) atoms. The number of aromatic nitrogens is 3. The number of methoxy groups -OCH3 is 1. The Morgan fingerprint density at radius 2 is 1.80 bits per heavy atom. The maximum atomic E-state index is 11.0. The first kappa shape index (κ1) is 23.9. The van der Waals surface area contributed by atoms with E-state index in [0.717, 1.165) is 22.6 Å². The Labute approximate surface area is 204 Å². The summed E-state index contributed by atoms with van der Waals surface area (Å²) in [5, 5.41) is 11.0. The number of nitroso groups, excluding NO2 is 1. The van der Waals surface area contributed by atoms with Gasteiger partial charge in [-0.3, -0.25) is 4.68 Å². The third-order valence-electron chi connectivity index (χ3n) is 5.52. The van der Waals surface area contributed by atoms with Crippen LogP contribution in [-0.2, 0) is 18.5 Å².